The SMILES string of the molecule is CCCNC1CCN(c2ccc(OC)c(F)c2)C1. The van der Waals surface area contributed by atoms with Crippen LogP contribution in [0.1, 0.15) is 19.8 Å². The van der Waals surface area contributed by atoms with Crippen molar-refractivity contribution in [2.75, 3.05) is 31.6 Å². The van der Waals surface area contributed by atoms with E-state index >= 15 is 0 Å². The lowest BCUT2D eigenvalue weighted by atomic mass is 10.2. The van der Waals surface area contributed by atoms with Gasteiger partial charge in [0.15, 0.2) is 11.6 Å². The Labute approximate surface area is 108 Å². The van der Waals surface area contributed by atoms with E-state index in [1.54, 1.807) is 12.1 Å². The van der Waals surface area contributed by atoms with Crippen molar-refractivity contribution in [1.82, 2.24) is 5.32 Å². The first-order chi connectivity index (χ1) is 8.74. The Bertz CT molecular complexity index is 397. The smallest absolute Gasteiger partial charge is 0.167 e. The maximum Gasteiger partial charge on any atom is 0.167 e. The fourth-order valence-corrected chi connectivity index (χ4v) is 2.36. The minimum absolute atomic E-state index is 0.292. The van der Waals surface area contributed by atoms with Crippen molar-refractivity contribution in [3.63, 3.8) is 0 Å². The van der Waals surface area contributed by atoms with Gasteiger partial charge in [0.25, 0.3) is 0 Å². The molecule has 0 aromatic heterocycles. The second kappa shape index (κ2) is 6.05. The summed E-state index contributed by atoms with van der Waals surface area (Å²) in [4.78, 5) is 2.22. The molecule has 0 spiro atoms. The van der Waals surface area contributed by atoms with Gasteiger partial charge in [-0.15, -0.1) is 0 Å². The zero-order valence-corrected chi connectivity index (χ0v) is 11.1. The molecule has 2 rings (SSSR count). The summed E-state index contributed by atoms with van der Waals surface area (Å²) in [5, 5.41) is 3.51. The highest BCUT2D eigenvalue weighted by molar-refractivity contribution is 5.50. The third kappa shape index (κ3) is 2.93. The van der Waals surface area contributed by atoms with Crippen molar-refractivity contribution in [3.05, 3.63) is 24.0 Å². The van der Waals surface area contributed by atoms with Crippen LogP contribution in [-0.2, 0) is 0 Å². The third-order valence-corrected chi connectivity index (χ3v) is 3.37. The molecule has 1 heterocycles. The molecular formula is C14H21FN2O. The van der Waals surface area contributed by atoms with Gasteiger partial charge in [-0.3, -0.25) is 0 Å². The number of hydrogen-bond acceptors (Lipinski definition) is 3. The number of anilines is 1. The van der Waals surface area contributed by atoms with E-state index in [1.165, 1.54) is 7.11 Å². The quantitative estimate of drug-likeness (QED) is 0.871. The lowest BCUT2D eigenvalue weighted by Gasteiger charge is -2.19. The predicted molar refractivity (Wildman–Crippen MR) is 71.9 cm³/mol. The maximum absolute atomic E-state index is 13.6. The van der Waals surface area contributed by atoms with Crippen LogP contribution in [0.2, 0.25) is 0 Å². The Morgan fingerprint density at radius 2 is 2.33 bits per heavy atom. The molecule has 1 aromatic rings. The number of methoxy groups -OCH3 is 1. The first-order valence-electron chi connectivity index (χ1n) is 6.56. The van der Waals surface area contributed by atoms with Crippen molar-refractivity contribution in [3.8, 4) is 5.75 Å². The number of nitrogens with zero attached hydrogens (tertiary/aromatic N) is 1. The Kier molecular flexibility index (Phi) is 4.42. The topological polar surface area (TPSA) is 24.5 Å². The Hall–Kier alpha value is -1.29. The minimum Gasteiger partial charge on any atom is -0.494 e. The Morgan fingerprint density at radius 3 is 3.00 bits per heavy atom. The van der Waals surface area contributed by atoms with Crippen LogP contribution in [0.25, 0.3) is 0 Å². The molecule has 0 radical (unpaired) electrons. The van der Waals surface area contributed by atoms with Crippen molar-refractivity contribution >= 4 is 5.69 Å². The summed E-state index contributed by atoms with van der Waals surface area (Å²) in [6.45, 7) is 5.15. The molecule has 1 aromatic carbocycles. The number of ether oxygens (including phenoxy) is 1. The number of hydrogen-bond donors (Lipinski definition) is 1. The van der Waals surface area contributed by atoms with E-state index in [4.69, 9.17) is 4.74 Å². The van der Waals surface area contributed by atoms with Gasteiger partial charge in [-0.05, 0) is 31.5 Å². The van der Waals surface area contributed by atoms with E-state index in [0.29, 0.717) is 11.8 Å². The van der Waals surface area contributed by atoms with Crippen LogP contribution >= 0.6 is 0 Å². The molecule has 1 aliphatic heterocycles. The summed E-state index contributed by atoms with van der Waals surface area (Å²) in [5.74, 6) is 0.0126. The Balaban J connectivity index is 1.98. The van der Waals surface area contributed by atoms with Gasteiger partial charge in [0.2, 0.25) is 0 Å². The molecule has 0 saturated carbocycles. The molecule has 18 heavy (non-hydrogen) atoms. The van der Waals surface area contributed by atoms with Gasteiger partial charge in [-0.1, -0.05) is 6.92 Å². The number of benzene rings is 1. The average molecular weight is 252 g/mol. The molecule has 1 fully saturated rings. The van der Waals surface area contributed by atoms with Gasteiger partial charge in [-0.25, -0.2) is 4.39 Å². The molecule has 0 bridgehead atoms. The molecule has 1 N–H and O–H groups in total. The standard InChI is InChI=1S/C14H21FN2O/c1-3-7-16-11-6-8-17(10-11)12-4-5-14(18-2)13(15)9-12/h4-5,9,11,16H,3,6-8,10H2,1-2H3. The van der Waals surface area contributed by atoms with Crippen molar-refractivity contribution < 1.29 is 9.13 Å². The maximum atomic E-state index is 13.6. The van der Waals surface area contributed by atoms with Gasteiger partial charge in [0, 0.05) is 30.9 Å². The fourth-order valence-electron chi connectivity index (χ4n) is 2.36. The molecule has 4 heteroatoms. The molecule has 1 unspecified atom stereocenters. The number of rotatable bonds is 5. The van der Waals surface area contributed by atoms with E-state index in [-0.39, 0.29) is 5.82 Å². The van der Waals surface area contributed by atoms with Crippen LogP contribution in [0.5, 0.6) is 5.75 Å². The summed E-state index contributed by atoms with van der Waals surface area (Å²) in [6.07, 6.45) is 2.27. The van der Waals surface area contributed by atoms with E-state index in [2.05, 4.69) is 17.1 Å². The molecule has 3 nitrogen and oxygen atoms in total. The fraction of sp³-hybridized carbons (Fsp3) is 0.571. The van der Waals surface area contributed by atoms with E-state index in [9.17, 15) is 4.39 Å². The van der Waals surface area contributed by atoms with Crippen LogP contribution in [0.15, 0.2) is 18.2 Å². The molecule has 100 valence electrons. The van der Waals surface area contributed by atoms with E-state index in [1.807, 2.05) is 6.07 Å². The number of halogens is 1. The summed E-state index contributed by atoms with van der Waals surface area (Å²) in [5.41, 5.74) is 0.939. The lowest BCUT2D eigenvalue weighted by molar-refractivity contribution is 0.386. The van der Waals surface area contributed by atoms with Crippen LogP contribution in [-0.4, -0.2) is 32.8 Å². The minimum atomic E-state index is -0.292. The van der Waals surface area contributed by atoms with E-state index in [0.717, 1.165) is 38.2 Å². The van der Waals surface area contributed by atoms with Crippen molar-refractivity contribution in [1.29, 1.82) is 0 Å². The number of nitrogens with one attached hydrogen (secondary N) is 1. The second-order valence-electron chi connectivity index (χ2n) is 4.70. The first kappa shape index (κ1) is 13.1. The average Bonchev–Trinajstić information content (AvgIpc) is 2.85. The summed E-state index contributed by atoms with van der Waals surface area (Å²) in [6, 6.07) is 5.69. The lowest BCUT2D eigenvalue weighted by Crippen LogP contribution is -2.32. The highest BCUT2D eigenvalue weighted by Crippen LogP contribution is 2.26. The normalized spacial score (nSPS) is 19.3. The van der Waals surface area contributed by atoms with Crippen molar-refractivity contribution in [2.45, 2.75) is 25.8 Å². The first-order valence-corrected chi connectivity index (χ1v) is 6.56. The third-order valence-electron chi connectivity index (χ3n) is 3.37. The summed E-state index contributed by atoms with van der Waals surface area (Å²) in [7, 11) is 1.48. The van der Waals surface area contributed by atoms with Gasteiger partial charge in [0.1, 0.15) is 0 Å². The molecule has 1 aliphatic rings. The summed E-state index contributed by atoms with van der Waals surface area (Å²) >= 11 is 0. The molecule has 0 aliphatic carbocycles. The highest BCUT2D eigenvalue weighted by atomic mass is 19.1. The van der Waals surface area contributed by atoms with Gasteiger partial charge in [0.05, 0.1) is 7.11 Å². The van der Waals surface area contributed by atoms with Gasteiger partial charge >= 0.3 is 0 Å². The molecule has 0 amide bonds. The largest absolute Gasteiger partial charge is 0.494 e. The van der Waals surface area contributed by atoms with Crippen LogP contribution in [0, 0.1) is 5.82 Å². The van der Waals surface area contributed by atoms with Gasteiger partial charge < -0.3 is 15.0 Å². The van der Waals surface area contributed by atoms with Gasteiger partial charge in [-0.2, -0.15) is 0 Å². The monoisotopic (exact) mass is 252 g/mol. The zero-order chi connectivity index (χ0) is 13.0. The van der Waals surface area contributed by atoms with Crippen LogP contribution in [0.3, 0.4) is 0 Å². The Morgan fingerprint density at radius 1 is 1.50 bits per heavy atom. The zero-order valence-electron chi connectivity index (χ0n) is 11.1. The highest BCUT2D eigenvalue weighted by Gasteiger charge is 2.22. The summed E-state index contributed by atoms with van der Waals surface area (Å²) < 4.78 is 18.6. The van der Waals surface area contributed by atoms with Crippen LogP contribution in [0.4, 0.5) is 10.1 Å². The molecule has 1 saturated heterocycles. The molecular weight excluding hydrogens is 231 g/mol. The van der Waals surface area contributed by atoms with Crippen molar-refractivity contribution in [2.24, 2.45) is 0 Å². The van der Waals surface area contributed by atoms with Crippen LogP contribution < -0.4 is 15.0 Å². The predicted octanol–water partition coefficient (Wildman–Crippen LogP) is 2.41. The molecule has 1 atom stereocenters. The second-order valence-corrected chi connectivity index (χ2v) is 4.70. The van der Waals surface area contributed by atoms with E-state index < -0.39 is 0 Å².